The number of benzene rings is 2. The zero-order chi connectivity index (χ0) is 15.0. The molecule has 0 aliphatic carbocycles. The Morgan fingerprint density at radius 3 is 2.76 bits per heavy atom. The summed E-state index contributed by atoms with van der Waals surface area (Å²) in [6.07, 6.45) is 0. The fourth-order valence-corrected chi connectivity index (χ4v) is 3.60. The fourth-order valence-electron chi connectivity index (χ4n) is 1.83. The Morgan fingerprint density at radius 1 is 1.19 bits per heavy atom. The maximum Gasteiger partial charge on any atom is 0.238 e. The molecular weight excluding hydrogens is 374 g/mol. The third-order valence-corrected chi connectivity index (χ3v) is 5.12. The number of hydrogen-bond acceptors (Lipinski definition) is 5. The number of thiazole rings is 1. The number of nitrogens with one attached hydrogen (secondary N) is 1. The van der Waals surface area contributed by atoms with E-state index in [-0.39, 0.29) is 4.90 Å². The molecular formula is C13H10BrN3O2S2. The Morgan fingerprint density at radius 2 is 2.00 bits per heavy atom. The molecule has 3 aromatic rings. The average Bonchev–Trinajstić information content (AvgIpc) is 2.79. The number of rotatable bonds is 3. The van der Waals surface area contributed by atoms with E-state index in [1.54, 1.807) is 12.1 Å². The molecule has 0 radical (unpaired) electrons. The molecule has 108 valence electrons. The van der Waals surface area contributed by atoms with E-state index in [2.05, 4.69) is 26.2 Å². The molecule has 1 aromatic heterocycles. The van der Waals surface area contributed by atoms with E-state index in [0.29, 0.717) is 10.8 Å². The summed E-state index contributed by atoms with van der Waals surface area (Å²) in [5.74, 6) is 0. The summed E-state index contributed by atoms with van der Waals surface area (Å²) in [7, 11) is -3.71. The summed E-state index contributed by atoms with van der Waals surface area (Å²) in [5.41, 5.74) is 1.50. The summed E-state index contributed by atoms with van der Waals surface area (Å²) >= 11 is 4.89. The zero-order valence-corrected chi connectivity index (χ0v) is 13.8. The number of nitrogens with two attached hydrogens (primary N) is 1. The van der Waals surface area contributed by atoms with Crippen molar-refractivity contribution >= 4 is 58.3 Å². The van der Waals surface area contributed by atoms with Crippen LogP contribution in [0.25, 0.3) is 10.2 Å². The van der Waals surface area contributed by atoms with E-state index in [9.17, 15) is 8.42 Å². The Labute approximate surface area is 134 Å². The highest BCUT2D eigenvalue weighted by atomic mass is 79.9. The average molecular weight is 384 g/mol. The van der Waals surface area contributed by atoms with Gasteiger partial charge in [0.25, 0.3) is 0 Å². The van der Waals surface area contributed by atoms with Gasteiger partial charge in [0.2, 0.25) is 10.0 Å². The molecule has 0 fully saturated rings. The van der Waals surface area contributed by atoms with Crippen molar-refractivity contribution in [1.29, 1.82) is 0 Å². The van der Waals surface area contributed by atoms with Gasteiger partial charge in [0.1, 0.15) is 0 Å². The van der Waals surface area contributed by atoms with Gasteiger partial charge in [-0.05, 0) is 36.4 Å². The van der Waals surface area contributed by atoms with Crippen molar-refractivity contribution in [2.24, 2.45) is 5.14 Å². The number of halogens is 1. The zero-order valence-electron chi connectivity index (χ0n) is 10.6. The first-order chi connectivity index (χ1) is 9.91. The molecule has 3 N–H and O–H groups in total. The molecule has 1 heterocycles. The van der Waals surface area contributed by atoms with Crippen LogP contribution < -0.4 is 10.5 Å². The van der Waals surface area contributed by atoms with Crippen molar-refractivity contribution in [3.05, 3.63) is 46.9 Å². The number of aromatic nitrogens is 1. The summed E-state index contributed by atoms with van der Waals surface area (Å²) in [4.78, 5) is 4.52. The third-order valence-electron chi connectivity index (χ3n) is 2.76. The highest BCUT2D eigenvalue weighted by Crippen LogP contribution is 2.30. The van der Waals surface area contributed by atoms with Crippen molar-refractivity contribution in [2.75, 3.05) is 5.32 Å². The van der Waals surface area contributed by atoms with Gasteiger partial charge >= 0.3 is 0 Å². The number of primary sulfonamides is 1. The lowest BCUT2D eigenvalue weighted by Gasteiger charge is -2.04. The van der Waals surface area contributed by atoms with Crippen LogP contribution in [0.2, 0.25) is 0 Å². The van der Waals surface area contributed by atoms with E-state index in [4.69, 9.17) is 5.14 Å². The van der Waals surface area contributed by atoms with Crippen LogP contribution in [0.4, 0.5) is 10.8 Å². The van der Waals surface area contributed by atoms with Crippen LogP contribution in [0.3, 0.4) is 0 Å². The highest BCUT2D eigenvalue weighted by molar-refractivity contribution is 9.10. The first-order valence-corrected chi connectivity index (χ1v) is 9.03. The monoisotopic (exact) mass is 383 g/mol. The quantitative estimate of drug-likeness (QED) is 0.724. The van der Waals surface area contributed by atoms with Gasteiger partial charge in [0.15, 0.2) is 5.13 Å². The van der Waals surface area contributed by atoms with Gasteiger partial charge < -0.3 is 5.32 Å². The standard InChI is InChI=1S/C13H10BrN3O2S2/c14-8-4-5-12-11(6-8)17-13(20-12)16-9-2-1-3-10(7-9)21(15,18)19/h1-7H,(H,16,17)(H2,15,18,19). The van der Waals surface area contributed by atoms with Crippen LogP contribution in [-0.4, -0.2) is 13.4 Å². The lowest BCUT2D eigenvalue weighted by Crippen LogP contribution is -2.12. The molecule has 21 heavy (non-hydrogen) atoms. The van der Waals surface area contributed by atoms with Crippen LogP contribution in [0, 0.1) is 0 Å². The van der Waals surface area contributed by atoms with Gasteiger partial charge in [-0.3, -0.25) is 0 Å². The summed E-state index contributed by atoms with van der Waals surface area (Å²) < 4.78 is 24.7. The number of nitrogens with zero attached hydrogens (tertiary/aromatic N) is 1. The van der Waals surface area contributed by atoms with Gasteiger partial charge in [0, 0.05) is 10.2 Å². The highest BCUT2D eigenvalue weighted by Gasteiger charge is 2.09. The smallest absolute Gasteiger partial charge is 0.238 e. The minimum Gasteiger partial charge on any atom is -0.331 e. The van der Waals surface area contributed by atoms with Crippen LogP contribution in [-0.2, 0) is 10.0 Å². The lowest BCUT2D eigenvalue weighted by atomic mass is 10.3. The lowest BCUT2D eigenvalue weighted by molar-refractivity contribution is 0.598. The van der Waals surface area contributed by atoms with Crippen molar-refractivity contribution in [2.45, 2.75) is 4.90 Å². The van der Waals surface area contributed by atoms with Crippen molar-refractivity contribution in [3.8, 4) is 0 Å². The van der Waals surface area contributed by atoms with Crippen molar-refractivity contribution in [1.82, 2.24) is 4.98 Å². The Hall–Kier alpha value is -1.48. The van der Waals surface area contributed by atoms with Crippen molar-refractivity contribution in [3.63, 3.8) is 0 Å². The summed E-state index contributed by atoms with van der Waals surface area (Å²) in [5, 5.41) is 8.91. The molecule has 3 rings (SSSR count). The van der Waals surface area contributed by atoms with Crippen molar-refractivity contribution < 1.29 is 8.42 Å². The van der Waals surface area contributed by atoms with E-state index < -0.39 is 10.0 Å². The molecule has 0 aliphatic heterocycles. The molecule has 0 saturated heterocycles. The molecule has 8 heteroatoms. The van der Waals surface area contributed by atoms with Crippen LogP contribution >= 0.6 is 27.3 Å². The van der Waals surface area contributed by atoms with Gasteiger partial charge in [-0.15, -0.1) is 0 Å². The predicted octanol–water partition coefficient (Wildman–Crippen LogP) is 3.45. The molecule has 0 spiro atoms. The molecule has 0 unspecified atom stereocenters. The minimum atomic E-state index is -3.71. The number of hydrogen-bond donors (Lipinski definition) is 2. The van der Waals surface area contributed by atoms with E-state index in [0.717, 1.165) is 14.7 Å². The molecule has 2 aromatic carbocycles. The first-order valence-electron chi connectivity index (χ1n) is 5.88. The molecule has 0 bridgehead atoms. The summed E-state index contributed by atoms with van der Waals surface area (Å²) in [6, 6.07) is 12.2. The van der Waals surface area contributed by atoms with Gasteiger partial charge in [-0.2, -0.15) is 0 Å². The number of anilines is 2. The van der Waals surface area contributed by atoms with Crippen LogP contribution in [0.15, 0.2) is 51.8 Å². The predicted molar refractivity (Wildman–Crippen MR) is 88.4 cm³/mol. The minimum absolute atomic E-state index is 0.0661. The SMILES string of the molecule is NS(=O)(=O)c1cccc(Nc2nc3cc(Br)ccc3s2)c1. The van der Waals surface area contributed by atoms with Crippen LogP contribution in [0.5, 0.6) is 0 Å². The normalized spacial score (nSPS) is 11.7. The van der Waals surface area contributed by atoms with Gasteiger partial charge in [0.05, 0.1) is 15.1 Å². The first kappa shape index (κ1) is 14.5. The van der Waals surface area contributed by atoms with Gasteiger partial charge in [-0.1, -0.05) is 33.3 Å². The maximum atomic E-state index is 11.3. The molecule has 0 saturated carbocycles. The Kier molecular flexibility index (Phi) is 3.70. The third kappa shape index (κ3) is 3.24. The Bertz CT molecular complexity index is 922. The second kappa shape index (κ2) is 5.38. The molecule has 5 nitrogen and oxygen atoms in total. The Balaban J connectivity index is 1.95. The van der Waals surface area contributed by atoms with Crippen LogP contribution in [0.1, 0.15) is 0 Å². The van der Waals surface area contributed by atoms with Gasteiger partial charge in [-0.25, -0.2) is 18.5 Å². The summed E-state index contributed by atoms with van der Waals surface area (Å²) in [6.45, 7) is 0. The molecule has 0 atom stereocenters. The largest absolute Gasteiger partial charge is 0.331 e. The number of sulfonamides is 1. The van der Waals surface area contributed by atoms with E-state index >= 15 is 0 Å². The van der Waals surface area contributed by atoms with E-state index in [1.165, 1.54) is 23.5 Å². The maximum absolute atomic E-state index is 11.3. The topological polar surface area (TPSA) is 85.1 Å². The fraction of sp³-hybridized carbons (Fsp3) is 0. The second-order valence-corrected chi connectivity index (χ2v) is 7.84. The number of fused-ring (bicyclic) bond motifs is 1. The molecule has 0 aliphatic rings. The van der Waals surface area contributed by atoms with E-state index in [1.807, 2.05) is 18.2 Å². The second-order valence-electron chi connectivity index (χ2n) is 4.33. The molecule has 0 amide bonds.